The molecule has 1 fully saturated rings. The lowest BCUT2D eigenvalue weighted by atomic mass is 9.98. The van der Waals surface area contributed by atoms with Gasteiger partial charge in [0.05, 0.1) is 0 Å². The maximum atomic E-state index is 12.2. The molecule has 1 aliphatic heterocycles. The Balaban J connectivity index is 2.32. The van der Waals surface area contributed by atoms with Gasteiger partial charge in [0.25, 0.3) is 0 Å². The summed E-state index contributed by atoms with van der Waals surface area (Å²) in [5, 5.41) is 6.75. The number of nitrogens with one attached hydrogen (secondary N) is 2. The van der Waals surface area contributed by atoms with Crippen molar-refractivity contribution < 1.29 is 9.53 Å². The molecule has 1 atom stereocenters. The summed E-state index contributed by atoms with van der Waals surface area (Å²) in [4.78, 5) is 18.3. The first kappa shape index (κ1) is 21.9. The number of carbonyl (C=O) groups excluding carboxylic acids is 1. The van der Waals surface area contributed by atoms with Gasteiger partial charge in [-0.3, -0.25) is 4.99 Å². The number of likely N-dealkylation sites (tertiary alicyclic amines) is 1. The molecule has 6 nitrogen and oxygen atoms in total. The molecule has 1 rings (SSSR count). The average molecular weight is 373 g/mol. The maximum Gasteiger partial charge on any atom is 0.410 e. The number of aliphatic imine (C=N–C) groups is 1. The lowest BCUT2D eigenvalue weighted by Gasteiger charge is -2.34. The number of amides is 1. The summed E-state index contributed by atoms with van der Waals surface area (Å²) in [6.07, 6.45) is 6.45. The molecule has 0 aliphatic carbocycles. The molecule has 0 bridgehead atoms. The number of nitrogens with zero attached hydrogens (tertiary/aromatic N) is 2. The number of hydrogen-bond donors (Lipinski definition) is 2. The van der Waals surface area contributed by atoms with Crippen LogP contribution in [-0.2, 0) is 4.74 Å². The fourth-order valence-corrected chi connectivity index (χ4v) is 3.26. The molecule has 0 radical (unpaired) electrons. The molecular formula is C18H36N4O2S. The number of ether oxygens (including phenoxy) is 1. The van der Waals surface area contributed by atoms with Crippen LogP contribution in [0.3, 0.4) is 0 Å². The van der Waals surface area contributed by atoms with Crippen LogP contribution >= 0.6 is 11.8 Å². The summed E-state index contributed by atoms with van der Waals surface area (Å²) in [6, 6.07) is 0. The Morgan fingerprint density at radius 3 is 2.72 bits per heavy atom. The number of thioether (sulfide) groups is 1. The van der Waals surface area contributed by atoms with E-state index in [1.807, 2.05) is 37.4 Å². The van der Waals surface area contributed by atoms with E-state index in [4.69, 9.17) is 4.74 Å². The minimum Gasteiger partial charge on any atom is -0.444 e. The highest BCUT2D eigenvalue weighted by atomic mass is 32.2. The Bertz CT molecular complexity index is 424. The molecule has 1 unspecified atom stereocenters. The van der Waals surface area contributed by atoms with Crippen molar-refractivity contribution in [2.45, 2.75) is 52.1 Å². The molecule has 2 N–H and O–H groups in total. The molecule has 146 valence electrons. The van der Waals surface area contributed by atoms with Crippen LogP contribution in [0, 0.1) is 5.92 Å². The third-order valence-electron chi connectivity index (χ3n) is 4.02. The van der Waals surface area contributed by atoms with E-state index in [0.29, 0.717) is 5.92 Å². The van der Waals surface area contributed by atoms with Crippen molar-refractivity contribution in [1.82, 2.24) is 15.5 Å². The van der Waals surface area contributed by atoms with Gasteiger partial charge in [-0.15, -0.1) is 0 Å². The molecule has 1 aliphatic rings. The Morgan fingerprint density at radius 2 is 2.08 bits per heavy atom. The smallest absolute Gasteiger partial charge is 0.410 e. The number of guanidine groups is 1. The van der Waals surface area contributed by atoms with Gasteiger partial charge in [-0.2, -0.15) is 11.8 Å². The van der Waals surface area contributed by atoms with Crippen molar-refractivity contribution >= 4 is 23.8 Å². The Labute approximate surface area is 157 Å². The molecule has 0 aromatic carbocycles. The van der Waals surface area contributed by atoms with Crippen LogP contribution < -0.4 is 10.6 Å². The Hall–Kier alpha value is -1.11. The molecule has 0 aromatic rings. The largest absolute Gasteiger partial charge is 0.444 e. The Morgan fingerprint density at radius 1 is 1.32 bits per heavy atom. The van der Waals surface area contributed by atoms with E-state index in [9.17, 15) is 4.79 Å². The third kappa shape index (κ3) is 9.82. The Kier molecular flexibility index (Phi) is 10.1. The highest BCUT2D eigenvalue weighted by molar-refractivity contribution is 7.98. The van der Waals surface area contributed by atoms with Crippen molar-refractivity contribution in [2.75, 3.05) is 45.2 Å². The van der Waals surface area contributed by atoms with Crippen LogP contribution in [0.1, 0.15) is 46.5 Å². The fraction of sp³-hybridized carbons (Fsp3) is 0.889. The number of piperidine rings is 1. The van der Waals surface area contributed by atoms with Gasteiger partial charge in [-0.05, 0) is 64.4 Å². The maximum absolute atomic E-state index is 12.2. The molecule has 25 heavy (non-hydrogen) atoms. The SMILES string of the molecule is CN=C(NCCCCSC)NCC1CCCN(C(=O)OC(C)(C)C)C1. The van der Waals surface area contributed by atoms with Gasteiger partial charge < -0.3 is 20.3 Å². The molecule has 0 spiro atoms. The average Bonchev–Trinajstić information content (AvgIpc) is 2.56. The van der Waals surface area contributed by atoms with Crippen molar-refractivity contribution in [3.05, 3.63) is 0 Å². The number of rotatable bonds is 7. The second-order valence-electron chi connectivity index (χ2n) is 7.51. The molecule has 1 saturated heterocycles. The number of hydrogen-bond acceptors (Lipinski definition) is 4. The molecular weight excluding hydrogens is 336 g/mol. The summed E-state index contributed by atoms with van der Waals surface area (Å²) in [5.74, 6) is 2.48. The van der Waals surface area contributed by atoms with E-state index in [1.54, 1.807) is 7.05 Å². The number of unbranched alkanes of at least 4 members (excludes halogenated alkanes) is 1. The van der Waals surface area contributed by atoms with Crippen molar-refractivity contribution in [2.24, 2.45) is 10.9 Å². The van der Waals surface area contributed by atoms with E-state index < -0.39 is 5.60 Å². The van der Waals surface area contributed by atoms with Gasteiger partial charge in [-0.1, -0.05) is 0 Å². The molecule has 1 amide bonds. The van der Waals surface area contributed by atoms with Crippen LogP contribution in [0.2, 0.25) is 0 Å². The van der Waals surface area contributed by atoms with Crippen molar-refractivity contribution in [3.8, 4) is 0 Å². The molecule has 0 saturated carbocycles. The highest BCUT2D eigenvalue weighted by Gasteiger charge is 2.27. The quantitative estimate of drug-likeness (QED) is 0.409. The van der Waals surface area contributed by atoms with Gasteiger partial charge in [0.15, 0.2) is 5.96 Å². The predicted molar refractivity (Wildman–Crippen MR) is 108 cm³/mol. The van der Waals surface area contributed by atoms with E-state index in [1.165, 1.54) is 12.2 Å². The summed E-state index contributed by atoms with van der Waals surface area (Å²) in [5.41, 5.74) is -0.440. The van der Waals surface area contributed by atoms with Crippen LogP contribution in [0.15, 0.2) is 4.99 Å². The normalized spacial score (nSPS) is 18.8. The van der Waals surface area contributed by atoms with Gasteiger partial charge in [-0.25, -0.2) is 4.79 Å². The van der Waals surface area contributed by atoms with E-state index in [0.717, 1.165) is 51.4 Å². The second kappa shape index (κ2) is 11.5. The molecule has 0 aromatic heterocycles. The van der Waals surface area contributed by atoms with Crippen molar-refractivity contribution in [3.63, 3.8) is 0 Å². The predicted octanol–water partition coefficient (Wildman–Crippen LogP) is 2.94. The standard InChI is InChI=1S/C18H36N4O2S/c1-18(2,3)24-17(23)22-11-8-9-15(14-22)13-21-16(19-4)20-10-6-7-12-25-5/h15H,6-14H2,1-5H3,(H2,19,20,21). The van der Waals surface area contributed by atoms with Gasteiger partial charge >= 0.3 is 6.09 Å². The van der Waals surface area contributed by atoms with E-state index in [-0.39, 0.29) is 6.09 Å². The molecule has 7 heteroatoms. The summed E-state index contributed by atoms with van der Waals surface area (Å²) < 4.78 is 5.49. The van der Waals surface area contributed by atoms with Crippen LogP contribution in [0.25, 0.3) is 0 Å². The van der Waals surface area contributed by atoms with E-state index >= 15 is 0 Å². The minimum atomic E-state index is -0.440. The third-order valence-corrected chi connectivity index (χ3v) is 4.72. The van der Waals surface area contributed by atoms with Crippen LogP contribution in [0.5, 0.6) is 0 Å². The van der Waals surface area contributed by atoms with Crippen LogP contribution in [-0.4, -0.2) is 67.8 Å². The summed E-state index contributed by atoms with van der Waals surface area (Å²) >= 11 is 1.88. The first-order chi connectivity index (χ1) is 11.9. The second-order valence-corrected chi connectivity index (χ2v) is 8.50. The highest BCUT2D eigenvalue weighted by Crippen LogP contribution is 2.18. The first-order valence-corrected chi connectivity index (χ1v) is 10.7. The van der Waals surface area contributed by atoms with Gasteiger partial charge in [0, 0.05) is 33.2 Å². The monoisotopic (exact) mass is 372 g/mol. The summed E-state index contributed by atoms with van der Waals surface area (Å²) in [7, 11) is 1.80. The first-order valence-electron chi connectivity index (χ1n) is 9.27. The lowest BCUT2D eigenvalue weighted by Crippen LogP contribution is -2.47. The zero-order valence-corrected chi connectivity index (χ0v) is 17.4. The number of carbonyl (C=O) groups is 1. The lowest BCUT2D eigenvalue weighted by molar-refractivity contribution is 0.0168. The zero-order valence-electron chi connectivity index (χ0n) is 16.6. The van der Waals surface area contributed by atoms with Gasteiger partial charge in [0.1, 0.15) is 5.60 Å². The van der Waals surface area contributed by atoms with E-state index in [2.05, 4.69) is 21.9 Å². The fourth-order valence-electron chi connectivity index (χ4n) is 2.76. The zero-order chi connectivity index (χ0) is 18.7. The molecule has 1 heterocycles. The van der Waals surface area contributed by atoms with Crippen molar-refractivity contribution in [1.29, 1.82) is 0 Å². The van der Waals surface area contributed by atoms with Gasteiger partial charge in [0.2, 0.25) is 0 Å². The van der Waals surface area contributed by atoms with Crippen LogP contribution in [0.4, 0.5) is 4.79 Å². The topological polar surface area (TPSA) is 66.0 Å². The minimum absolute atomic E-state index is 0.200. The summed E-state index contributed by atoms with van der Waals surface area (Å²) in [6.45, 7) is 9.01.